The van der Waals surface area contributed by atoms with Gasteiger partial charge in [-0.25, -0.2) is 0 Å². The van der Waals surface area contributed by atoms with E-state index >= 15 is 0 Å². The van der Waals surface area contributed by atoms with Crippen LogP contribution < -0.4 is 5.32 Å². The van der Waals surface area contributed by atoms with Crippen molar-refractivity contribution in [2.75, 3.05) is 5.32 Å². The van der Waals surface area contributed by atoms with Gasteiger partial charge < -0.3 is 5.32 Å². The minimum absolute atomic E-state index is 0.629. The van der Waals surface area contributed by atoms with Crippen LogP contribution in [0.1, 0.15) is 22.3 Å². The van der Waals surface area contributed by atoms with Gasteiger partial charge in [-0.2, -0.15) is 0 Å². The number of thiocarbonyl (C=S) groups is 1. The first kappa shape index (κ1) is 18.6. The summed E-state index contributed by atoms with van der Waals surface area (Å²) in [4.78, 5) is 5.09. The van der Waals surface area contributed by atoms with E-state index < -0.39 is 0 Å². The molecule has 0 aliphatic carbocycles. The molecule has 138 valence electrons. The van der Waals surface area contributed by atoms with Crippen molar-refractivity contribution >= 4 is 50.8 Å². The van der Waals surface area contributed by atoms with E-state index in [9.17, 15) is 0 Å². The predicted octanol–water partition coefficient (Wildman–Crippen LogP) is 7.01. The van der Waals surface area contributed by atoms with Crippen molar-refractivity contribution in [2.45, 2.75) is 13.8 Å². The van der Waals surface area contributed by atoms with Crippen molar-refractivity contribution in [2.24, 2.45) is 0 Å². The van der Waals surface area contributed by atoms with E-state index in [1.165, 1.54) is 5.56 Å². The van der Waals surface area contributed by atoms with Crippen molar-refractivity contribution in [1.82, 2.24) is 4.98 Å². The topological polar surface area (TPSA) is 24.9 Å². The second-order valence-electron chi connectivity index (χ2n) is 6.88. The van der Waals surface area contributed by atoms with E-state index in [4.69, 9.17) is 23.8 Å². The molecule has 2 nitrogen and oxygen atoms in total. The summed E-state index contributed by atoms with van der Waals surface area (Å²) in [5.41, 5.74) is 6.09. The second-order valence-corrected chi connectivity index (χ2v) is 7.69. The normalized spacial score (nSPS) is 10.8. The molecule has 1 heterocycles. The van der Waals surface area contributed by atoms with Gasteiger partial charge in [-0.15, -0.1) is 0 Å². The van der Waals surface area contributed by atoms with Crippen molar-refractivity contribution < 1.29 is 0 Å². The quantitative estimate of drug-likeness (QED) is 0.293. The molecule has 4 heteroatoms. The summed E-state index contributed by atoms with van der Waals surface area (Å²) in [6, 6.07) is 20.3. The molecular formula is C24H19ClN2S. The van der Waals surface area contributed by atoms with Crippen LogP contribution in [-0.2, 0) is 0 Å². The molecule has 0 radical (unpaired) electrons. The van der Waals surface area contributed by atoms with Crippen molar-refractivity contribution in [3.05, 3.63) is 100 Å². The summed E-state index contributed by atoms with van der Waals surface area (Å²) < 4.78 is 0. The summed E-state index contributed by atoms with van der Waals surface area (Å²) in [7, 11) is 0. The van der Waals surface area contributed by atoms with Crippen LogP contribution in [0.5, 0.6) is 0 Å². The van der Waals surface area contributed by atoms with Gasteiger partial charge in [0.2, 0.25) is 0 Å². The Hall–Kier alpha value is -2.75. The summed E-state index contributed by atoms with van der Waals surface area (Å²) in [5.74, 6) is 0. The highest BCUT2D eigenvalue weighted by Crippen LogP contribution is 2.29. The van der Waals surface area contributed by atoms with Gasteiger partial charge in [0.1, 0.15) is 0 Å². The molecular weight excluding hydrogens is 384 g/mol. The Labute approximate surface area is 175 Å². The largest absolute Gasteiger partial charge is 0.354 e. The first-order valence-electron chi connectivity index (χ1n) is 9.04. The molecule has 0 bridgehead atoms. The first-order chi connectivity index (χ1) is 13.5. The standard InChI is InChI=1S/C24H19ClN2S/c1-15-7-8-16(2)21(11-15)24(28)20-10-9-18(12-22(20)25)27-23-14-26-13-17-5-3-4-6-19(17)23/h3-14,27H,1-2H3. The highest BCUT2D eigenvalue weighted by atomic mass is 35.5. The number of fused-ring (bicyclic) bond motifs is 1. The Morgan fingerprint density at radius 2 is 1.75 bits per heavy atom. The molecule has 0 aliphatic rings. The molecule has 0 amide bonds. The van der Waals surface area contributed by atoms with E-state index in [1.54, 1.807) is 0 Å². The minimum atomic E-state index is 0.629. The van der Waals surface area contributed by atoms with Crippen molar-refractivity contribution in [3.8, 4) is 0 Å². The molecule has 4 rings (SSSR count). The maximum absolute atomic E-state index is 6.61. The van der Waals surface area contributed by atoms with E-state index in [-0.39, 0.29) is 0 Å². The number of benzene rings is 3. The highest BCUT2D eigenvalue weighted by Gasteiger charge is 2.12. The number of hydrogen-bond donors (Lipinski definition) is 1. The Morgan fingerprint density at radius 3 is 2.57 bits per heavy atom. The smallest absolute Gasteiger partial charge is 0.0650 e. The predicted molar refractivity (Wildman–Crippen MR) is 123 cm³/mol. The highest BCUT2D eigenvalue weighted by molar-refractivity contribution is 7.81. The number of aromatic nitrogens is 1. The number of pyridine rings is 1. The number of rotatable bonds is 4. The van der Waals surface area contributed by atoms with E-state index in [1.807, 2.05) is 48.8 Å². The van der Waals surface area contributed by atoms with Crippen molar-refractivity contribution in [1.29, 1.82) is 0 Å². The van der Waals surface area contributed by atoms with Gasteiger partial charge in [0, 0.05) is 28.2 Å². The number of nitrogens with zero attached hydrogens (tertiary/aromatic N) is 1. The Kier molecular flexibility index (Phi) is 5.12. The molecule has 0 spiro atoms. The zero-order valence-corrected chi connectivity index (χ0v) is 17.2. The molecule has 4 aromatic rings. The maximum Gasteiger partial charge on any atom is 0.0650 e. The average molecular weight is 403 g/mol. The summed E-state index contributed by atoms with van der Waals surface area (Å²) in [5, 5.41) is 6.26. The lowest BCUT2D eigenvalue weighted by Gasteiger charge is -2.13. The summed E-state index contributed by atoms with van der Waals surface area (Å²) in [6.45, 7) is 4.14. The molecule has 1 aromatic heterocycles. The first-order valence-corrected chi connectivity index (χ1v) is 9.83. The van der Waals surface area contributed by atoms with Gasteiger partial charge in [0.05, 0.1) is 21.8 Å². The number of anilines is 2. The molecule has 0 saturated carbocycles. The number of nitrogens with one attached hydrogen (secondary N) is 1. The minimum Gasteiger partial charge on any atom is -0.354 e. The lowest BCUT2D eigenvalue weighted by atomic mass is 9.98. The molecule has 0 saturated heterocycles. The molecule has 0 aliphatic heterocycles. The van der Waals surface area contributed by atoms with E-state index in [0.717, 1.165) is 43.7 Å². The third kappa shape index (κ3) is 3.64. The lowest BCUT2D eigenvalue weighted by molar-refractivity contribution is 1.35. The number of halogens is 1. The Balaban J connectivity index is 1.66. The third-order valence-corrected chi connectivity index (χ3v) is 5.55. The van der Waals surface area contributed by atoms with Crippen LogP contribution in [0.25, 0.3) is 10.8 Å². The van der Waals surface area contributed by atoms with E-state index in [0.29, 0.717) is 5.02 Å². The SMILES string of the molecule is Cc1ccc(C)c(C(=S)c2ccc(Nc3cncc4ccccc34)cc2Cl)c1. The van der Waals surface area contributed by atoms with Gasteiger partial charge in [0.15, 0.2) is 0 Å². The zero-order valence-electron chi connectivity index (χ0n) is 15.7. The Bertz CT molecular complexity index is 1200. The Morgan fingerprint density at radius 1 is 0.929 bits per heavy atom. The van der Waals surface area contributed by atoms with Crippen LogP contribution in [0.4, 0.5) is 11.4 Å². The number of aryl methyl sites for hydroxylation is 2. The van der Waals surface area contributed by atoms with E-state index in [2.05, 4.69) is 48.4 Å². The molecule has 0 atom stereocenters. The van der Waals surface area contributed by atoms with Gasteiger partial charge in [-0.1, -0.05) is 71.8 Å². The van der Waals surface area contributed by atoms with Crippen LogP contribution in [0, 0.1) is 13.8 Å². The maximum atomic E-state index is 6.61. The zero-order chi connectivity index (χ0) is 19.7. The van der Waals surface area contributed by atoms with Gasteiger partial charge in [-0.3, -0.25) is 4.98 Å². The number of hydrogen-bond acceptors (Lipinski definition) is 3. The van der Waals surface area contributed by atoms with Crippen LogP contribution in [0.15, 0.2) is 73.1 Å². The third-order valence-electron chi connectivity index (χ3n) is 4.80. The molecule has 0 unspecified atom stereocenters. The summed E-state index contributed by atoms with van der Waals surface area (Å²) in [6.07, 6.45) is 3.68. The fourth-order valence-corrected chi connectivity index (χ4v) is 4.00. The van der Waals surface area contributed by atoms with Crippen LogP contribution in [0.3, 0.4) is 0 Å². The molecule has 0 fully saturated rings. The van der Waals surface area contributed by atoms with Gasteiger partial charge in [0.25, 0.3) is 0 Å². The molecule has 1 N–H and O–H groups in total. The van der Waals surface area contributed by atoms with Crippen LogP contribution in [0.2, 0.25) is 5.02 Å². The second kappa shape index (κ2) is 7.70. The van der Waals surface area contributed by atoms with Crippen LogP contribution >= 0.6 is 23.8 Å². The fraction of sp³-hybridized carbons (Fsp3) is 0.0833. The van der Waals surface area contributed by atoms with Gasteiger partial charge >= 0.3 is 0 Å². The van der Waals surface area contributed by atoms with Crippen LogP contribution in [-0.4, -0.2) is 9.85 Å². The lowest BCUT2D eigenvalue weighted by Crippen LogP contribution is -2.04. The van der Waals surface area contributed by atoms with Crippen molar-refractivity contribution in [3.63, 3.8) is 0 Å². The summed E-state index contributed by atoms with van der Waals surface area (Å²) >= 11 is 12.4. The average Bonchev–Trinajstić information content (AvgIpc) is 2.70. The molecule has 28 heavy (non-hydrogen) atoms. The van der Waals surface area contributed by atoms with Gasteiger partial charge in [-0.05, 0) is 43.2 Å². The fourth-order valence-electron chi connectivity index (χ4n) is 3.27. The molecule has 3 aromatic carbocycles. The monoisotopic (exact) mass is 402 g/mol.